The normalized spacial score (nSPS) is 12.6. The van der Waals surface area contributed by atoms with Crippen molar-refractivity contribution in [1.82, 2.24) is 15.5 Å². The molecule has 96 valence electrons. The first kappa shape index (κ1) is 12.8. The number of nitrogens with zero attached hydrogens (tertiary/aromatic N) is 1. The molecule has 0 spiro atoms. The van der Waals surface area contributed by atoms with Crippen molar-refractivity contribution in [3.8, 4) is 0 Å². The Morgan fingerprint density at radius 1 is 1.28 bits per heavy atom. The topological polar surface area (TPSA) is 49.9 Å². The largest absolute Gasteiger partial charge is 0.380 e. The summed E-state index contributed by atoms with van der Waals surface area (Å²) in [6, 6.07) is 8.75. The van der Waals surface area contributed by atoms with E-state index in [9.17, 15) is 0 Å². The zero-order chi connectivity index (χ0) is 12.8. The number of H-pyrrole nitrogens is 1. The molecular weight excluding hydrogens is 226 g/mol. The number of hydrogen-bond donors (Lipinski definition) is 2. The summed E-state index contributed by atoms with van der Waals surface area (Å²) in [6.45, 7) is 3.64. The van der Waals surface area contributed by atoms with Gasteiger partial charge in [0.05, 0.1) is 12.8 Å². The molecule has 18 heavy (non-hydrogen) atoms. The molecule has 0 saturated carbocycles. The van der Waals surface area contributed by atoms with Gasteiger partial charge in [-0.15, -0.1) is 0 Å². The smallest absolute Gasteiger partial charge is 0.0713 e. The van der Waals surface area contributed by atoms with Crippen LogP contribution in [0.2, 0.25) is 0 Å². The molecule has 0 aliphatic rings. The summed E-state index contributed by atoms with van der Waals surface area (Å²) in [6.07, 6.45) is 3.76. The van der Waals surface area contributed by atoms with Crippen molar-refractivity contribution in [3.63, 3.8) is 0 Å². The standard InChI is InChI=1S/C14H19N3O/c1-11(14-8-16-17-9-14)15-7-12-3-5-13(6-4-12)10-18-2/h3-6,8-9,11,15H,7,10H2,1-2H3,(H,16,17). The summed E-state index contributed by atoms with van der Waals surface area (Å²) in [4.78, 5) is 0. The molecule has 2 rings (SSSR count). The van der Waals surface area contributed by atoms with Crippen molar-refractivity contribution in [1.29, 1.82) is 0 Å². The van der Waals surface area contributed by atoms with E-state index in [-0.39, 0.29) is 0 Å². The average molecular weight is 245 g/mol. The Balaban J connectivity index is 1.86. The molecule has 0 saturated heterocycles. The van der Waals surface area contributed by atoms with E-state index in [2.05, 4.69) is 46.7 Å². The SMILES string of the molecule is COCc1ccc(CNC(C)c2cn[nH]c2)cc1. The molecule has 0 aliphatic carbocycles. The Hall–Kier alpha value is -1.65. The highest BCUT2D eigenvalue weighted by Crippen LogP contribution is 2.11. The number of rotatable bonds is 6. The van der Waals surface area contributed by atoms with Gasteiger partial charge in [0.25, 0.3) is 0 Å². The van der Waals surface area contributed by atoms with Gasteiger partial charge in [-0.1, -0.05) is 24.3 Å². The van der Waals surface area contributed by atoms with Crippen LogP contribution < -0.4 is 5.32 Å². The summed E-state index contributed by atoms with van der Waals surface area (Å²) in [5.74, 6) is 0. The van der Waals surface area contributed by atoms with Crippen LogP contribution in [0.25, 0.3) is 0 Å². The number of methoxy groups -OCH3 is 1. The van der Waals surface area contributed by atoms with Gasteiger partial charge in [0.1, 0.15) is 0 Å². The quantitative estimate of drug-likeness (QED) is 0.821. The number of benzene rings is 1. The molecule has 0 radical (unpaired) electrons. The third kappa shape index (κ3) is 3.42. The monoisotopic (exact) mass is 245 g/mol. The lowest BCUT2D eigenvalue weighted by molar-refractivity contribution is 0.185. The van der Waals surface area contributed by atoms with E-state index < -0.39 is 0 Å². The highest BCUT2D eigenvalue weighted by Gasteiger charge is 2.05. The Morgan fingerprint density at radius 2 is 2.00 bits per heavy atom. The van der Waals surface area contributed by atoms with Crippen LogP contribution in [-0.2, 0) is 17.9 Å². The van der Waals surface area contributed by atoms with Gasteiger partial charge in [-0.2, -0.15) is 5.10 Å². The van der Waals surface area contributed by atoms with E-state index in [1.54, 1.807) is 7.11 Å². The number of hydrogen-bond acceptors (Lipinski definition) is 3. The lowest BCUT2D eigenvalue weighted by Gasteiger charge is -2.12. The predicted molar refractivity (Wildman–Crippen MR) is 71.0 cm³/mol. The highest BCUT2D eigenvalue weighted by molar-refractivity contribution is 5.22. The van der Waals surface area contributed by atoms with Crippen molar-refractivity contribution >= 4 is 0 Å². The minimum atomic E-state index is 0.294. The third-order valence-corrected chi connectivity index (χ3v) is 2.97. The van der Waals surface area contributed by atoms with Crippen LogP contribution in [0.3, 0.4) is 0 Å². The van der Waals surface area contributed by atoms with Crippen LogP contribution in [0.1, 0.15) is 29.7 Å². The second-order valence-corrected chi connectivity index (χ2v) is 4.38. The maximum absolute atomic E-state index is 5.09. The summed E-state index contributed by atoms with van der Waals surface area (Å²) < 4.78 is 5.09. The second-order valence-electron chi connectivity index (χ2n) is 4.38. The maximum atomic E-state index is 5.09. The van der Waals surface area contributed by atoms with E-state index in [1.807, 2.05) is 12.4 Å². The number of aromatic amines is 1. The van der Waals surface area contributed by atoms with E-state index in [0.29, 0.717) is 12.6 Å². The second kappa shape index (κ2) is 6.33. The summed E-state index contributed by atoms with van der Waals surface area (Å²) in [5.41, 5.74) is 3.64. The third-order valence-electron chi connectivity index (χ3n) is 2.97. The summed E-state index contributed by atoms with van der Waals surface area (Å²) in [5, 5.41) is 10.2. The lowest BCUT2D eigenvalue weighted by Crippen LogP contribution is -2.17. The first-order valence-corrected chi connectivity index (χ1v) is 6.08. The summed E-state index contributed by atoms with van der Waals surface area (Å²) in [7, 11) is 1.71. The minimum Gasteiger partial charge on any atom is -0.380 e. The molecule has 2 N–H and O–H groups in total. The van der Waals surface area contributed by atoms with Gasteiger partial charge in [0.2, 0.25) is 0 Å². The van der Waals surface area contributed by atoms with Crippen molar-refractivity contribution in [2.75, 3.05) is 7.11 Å². The number of nitrogens with one attached hydrogen (secondary N) is 2. The molecule has 0 amide bonds. The van der Waals surface area contributed by atoms with E-state index in [1.165, 1.54) is 16.7 Å². The lowest BCUT2D eigenvalue weighted by atomic mass is 10.1. The minimum absolute atomic E-state index is 0.294. The van der Waals surface area contributed by atoms with Gasteiger partial charge in [-0.25, -0.2) is 0 Å². The number of ether oxygens (including phenoxy) is 1. The fourth-order valence-electron chi connectivity index (χ4n) is 1.81. The molecule has 4 nitrogen and oxygen atoms in total. The first-order chi connectivity index (χ1) is 8.79. The molecule has 0 bridgehead atoms. The zero-order valence-corrected chi connectivity index (χ0v) is 10.8. The Bertz CT molecular complexity index is 450. The van der Waals surface area contributed by atoms with Gasteiger partial charge in [0.15, 0.2) is 0 Å². The van der Waals surface area contributed by atoms with Gasteiger partial charge >= 0.3 is 0 Å². The first-order valence-electron chi connectivity index (χ1n) is 6.08. The number of aromatic nitrogens is 2. The fraction of sp³-hybridized carbons (Fsp3) is 0.357. The molecule has 0 fully saturated rings. The molecule has 1 aromatic carbocycles. The van der Waals surface area contributed by atoms with Crippen LogP contribution in [0.5, 0.6) is 0 Å². The van der Waals surface area contributed by atoms with Gasteiger partial charge in [0, 0.05) is 31.5 Å². The van der Waals surface area contributed by atoms with Gasteiger partial charge < -0.3 is 10.1 Å². The average Bonchev–Trinajstić information content (AvgIpc) is 2.92. The van der Waals surface area contributed by atoms with E-state index in [4.69, 9.17) is 4.74 Å². The molecule has 1 atom stereocenters. The van der Waals surface area contributed by atoms with Crippen molar-refractivity contribution in [2.24, 2.45) is 0 Å². The van der Waals surface area contributed by atoms with Crippen LogP contribution in [0.15, 0.2) is 36.7 Å². The van der Waals surface area contributed by atoms with Crippen LogP contribution in [-0.4, -0.2) is 17.3 Å². The molecule has 0 aliphatic heterocycles. The van der Waals surface area contributed by atoms with Crippen LogP contribution in [0.4, 0.5) is 0 Å². The Kier molecular flexibility index (Phi) is 4.50. The predicted octanol–water partition coefficient (Wildman–Crippen LogP) is 2.41. The maximum Gasteiger partial charge on any atom is 0.0713 e. The van der Waals surface area contributed by atoms with Crippen LogP contribution >= 0.6 is 0 Å². The highest BCUT2D eigenvalue weighted by atomic mass is 16.5. The van der Waals surface area contributed by atoms with Crippen molar-refractivity contribution in [3.05, 3.63) is 53.3 Å². The van der Waals surface area contributed by atoms with Crippen molar-refractivity contribution in [2.45, 2.75) is 26.1 Å². The van der Waals surface area contributed by atoms with Gasteiger partial charge in [-0.3, -0.25) is 5.10 Å². The van der Waals surface area contributed by atoms with E-state index >= 15 is 0 Å². The zero-order valence-electron chi connectivity index (χ0n) is 10.8. The summed E-state index contributed by atoms with van der Waals surface area (Å²) >= 11 is 0. The fourth-order valence-corrected chi connectivity index (χ4v) is 1.81. The Morgan fingerprint density at radius 3 is 2.61 bits per heavy atom. The molecule has 1 heterocycles. The van der Waals surface area contributed by atoms with Crippen LogP contribution in [0, 0.1) is 0 Å². The molecule has 1 aromatic heterocycles. The molecule has 4 heteroatoms. The molecular formula is C14H19N3O. The van der Waals surface area contributed by atoms with E-state index in [0.717, 1.165) is 6.54 Å². The van der Waals surface area contributed by atoms with Crippen molar-refractivity contribution < 1.29 is 4.74 Å². The molecule has 2 aromatic rings. The van der Waals surface area contributed by atoms with Gasteiger partial charge in [-0.05, 0) is 18.1 Å². The Labute approximate surface area is 107 Å². The molecule has 1 unspecified atom stereocenters.